The van der Waals surface area contributed by atoms with Crippen LogP contribution in [0.25, 0.3) is 0 Å². The van der Waals surface area contributed by atoms with E-state index in [0.29, 0.717) is 17.8 Å². The second kappa shape index (κ2) is 10.8. The highest BCUT2D eigenvalue weighted by molar-refractivity contribution is 6.23. The number of imide groups is 1. The van der Waals surface area contributed by atoms with E-state index in [1.54, 1.807) is 24.3 Å². The molecule has 3 aromatic rings. The average molecular weight is 501 g/mol. The lowest BCUT2D eigenvalue weighted by atomic mass is 10.1. The Balaban J connectivity index is 1.61. The molecule has 0 aromatic heterocycles. The Morgan fingerprint density at radius 3 is 2.24 bits per heavy atom. The van der Waals surface area contributed by atoms with Crippen LogP contribution in [-0.4, -0.2) is 46.0 Å². The SMILES string of the molecule is CC(=O)Nc1ccc(N2C(=O)CC(N(CCc3ccccc3)C(=O)c3ccc([N+](=O)[O-])cc3)C2=O)cc1. The van der Waals surface area contributed by atoms with Crippen molar-refractivity contribution in [1.82, 2.24) is 4.90 Å². The first-order chi connectivity index (χ1) is 17.7. The molecule has 188 valence electrons. The van der Waals surface area contributed by atoms with Gasteiger partial charge in [0.05, 0.1) is 17.0 Å². The van der Waals surface area contributed by atoms with Crippen molar-refractivity contribution >= 4 is 40.7 Å². The smallest absolute Gasteiger partial charge is 0.269 e. The summed E-state index contributed by atoms with van der Waals surface area (Å²) < 4.78 is 0. The summed E-state index contributed by atoms with van der Waals surface area (Å²) in [5, 5.41) is 13.6. The molecule has 0 saturated carbocycles. The van der Waals surface area contributed by atoms with Gasteiger partial charge >= 0.3 is 0 Å². The number of nitro groups is 1. The first-order valence-corrected chi connectivity index (χ1v) is 11.6. The van der Waals surface area contributed by atoms with Crippen LogP contribution in [0.5, 0.6) is 0 Å². The predicted molar refractivity (Wildman–Crippen MR) is 136 cm³/mol. The van der Waals surface area contributed by atoms with Crippen molar-refractivity contribution in [3.8, 4) is 0 Å². The normalized spacial score (nSPS) is 14.9. The zero-order chi connectivity index (χ0) is 26.5. The maximum atomic E-state index is 13.5. The molecule has 1 N–H and O–H groups in total. The molecule has 1 aliphatic rings. The molecular weight excluding hydrogens is 476 g/mol. The summed E-state index contributed by atoms with van der Waals surface area (Å²) in [5.41, 5.74) is 1.82. The van der Waals surface area contributed by atoms with E-state index in [1.807, 2.05) is 30.3 Å². The van der Waals surface area contributed by atoms with Crippen LogP contribution in [0.3, 0.4) is 0 Å². The van der Waals surface area contributed by atoms with Crippen molar-refractivity contribution < 1.29 is 24.1 Å². The second-order valence-electron chi connectivity index (χ2n) is 8.55. The number of hydrogen-bond acceptors (Lipinski definition) is 6. The van der Waals surface area contributed by atoms with Crippen molar-refractivity contribution in [1.29, 1.82) is 0 Å². The quantitative estimate of drug-likeness (QED) is 0.286. The Labute approximate surface area is 212 Å². The van der Waals surface area contributed by atoms with Gasteiger partial charge in [0.25, 0.3) is 17.5 Å². The summed E-state index contributed by atoms with van der Waals surface area (Å²) in [6.45, 7) is 1.54. The molecule has 0 radical (unpaired) electrons. The molecule has 3 aromatic carbocycles. The topological polar surface area (TPSA) is 130 Å². The predicted octanol–water partition coefficient (Wildman–Crippen LogP) is 3.57. The van der Waals surface area contributed by atoms with Crippen LogP contribution in [0.2, 0.25) is 0 Å². The molecule has 1 aliphatic heterocycles. The summed E-state index contributed by atoms with van der Waals surface area (Å²) in [6.07, 6.45) is 0.253. The molecular formula is C27H24N4O6. The number of anilines is 2. The summed E-state index contributed by atoms with van der Waals surface area (Å²) in [6, 6.07) is 19.8. The number of carbonyl (C=O) groups is 4. The highest BCUT2D eigenvalue weighted by atomic mass is 16.6. The minimum atomic E-state index is -1.03. The molecule has 0 spiro atoms. The molecule has 1 unspecified atom stereocenters. The number of nitrogens with one attached hydrogen (secondary N) is 1. The Hall–Kier alpha value is -4.86. The highest BCUT2D eigenvalue weighted by Crippen LogP contribution is 2.28. The van der Waals surface area contributed by atoms with Gasteiger partial charge in [-0.3, -0.25) is 29.3 Å². The maximum Gasteiger partial charge on any atom is 0.269 e. The number of hydrogen-bond donors (Lipinski definition) is 1. The van der Waals surface area contributed by atoms with Crippen LogP contribution in [0, 0.1) is 10.1 Å². The number of carbonyl (C=O) groups excluding carboxylic acids is 4. The van der Waals surface area contributed by atoms with Gasteiger partial charge in [0.1, 0.15) is 6.04 Å². The standard InChI is InChI=1S/C27H24N4O6/c1-18(32)28-21-9-13-22(14-10-21)30-25(33)17-24(27(30)35)29(16-15-19-5-3-2-4-6-19)26(34)20-7-11-23(12-8-20)31(36)37/h2-14,24H,15-17H2,1H3,(H,28,32). The fourth-order valence-corrected chi connectivity index (χ4v) is 4.21. The fraction of sp³-hybridized carbons (Fsp3) is 0.185. The van der Waals surface area contributed by atoms with Gasteiger partial charge in [-0.15, -0.1) is 0 Å². The monoisotopic (exact) mass is 500 g/mol. The zero-order valence-electron chi connectivity index (χ0n) is 20.0. The van der Waals surface area contributed by atoms with Crippen molar-refractivity contribution in [3.63, 3.8) is 0 Å². The maximum absolute atomic E-state index is 13.5. The van der Waals surface area contributed by atoms with Gasteiger partial charge in [-0.2, -0.15) is 0 Å². The van der Waals surface area contributed by atoms with E-state index >= 15 is 0 Å². The minimum Gasteiger partial charge on any atom is -0.326 e. The number of benzene rings is 3. The Kier molecular flexibility index (Phi) is 7.38. The zero-order valence-corrected chi connectivity index (χ0v) is 20.0. The average Bonchev–Trinajstić information content (AvgIpc) is 3.18. The molecule has 1 heterocycles. The number of nitrogens with zero attached hydrogens (tertiary/aromatic N) is 3. The summed E-state index contributed by atoms with van der Waals surface area (Å²) >= 11 is 0. The molecule has 0 aliphatic carbocycles. The molecule has 10 heteroatoms. The number of nitro benzene ring substituents is 1. The van der Waals surface area contributed by atoms with Crippen molar-refractivity contribution in [3.05, 3.63) is 100 Å². The highest BCUT2D eigenvalue weighted by Gasteiger charge is 2.44. The second-order valence-corrected chi connectivity index (χ2v) is 8.55. The number of rotatable bonds is 8. The number of non-ortho nitro benzene ring substituents is 1. The number of amides is 4. The van der Waals surface area contributed by atoms with Crippen molar-refractivity contribution in [2.75, 3.05) is 16.8 Å². The van der Waals surface area contributed by atoms with Crippen LogP contribution in [0.4, 0.5) is 17.1 Å². The van der Waals surface area contributed by atoms with Gasteiger partial charge in [0.15, 0.2) is 0 Å². The van der Waals surface area contributed by atoms with Crippen LogP contribution in [0.15, 0.2) is 78.9 Å². The molecule has 0 bridgehead atoms. The van der Waals surface area contributed by atoms with E-state index < -0.39 is 28.7 Å². The minimum absolute atomic E-state index is 0.159. The fourth-order valence-electron chi connectivity index (χ4n) is 4.21. The van der Waals surface area contributed by atoms with Gasteiger partial charge in [-0.25, -0.2) is 4.90 Å². The van der Waals surface area contributed by atoms with Gasteiger partial charge in [-0.1, -0.05) is 30.3 Å². The third-order valence-electron chi connectivity index (χ3n) is 6.02. The molecule has 4 amide bonds. The van der Waals surface area contributed by atoms with E-state index in [9.17, 15) is 29.3 Å². The first kappa shape index (κ1) is 25.2. The third kappa shape index (κ3) is 5.69. The van der Waals surface area contributed by atoms with Gasteiger partial charge in [0.2, 0.25) is 11.8 Å². The molecule has 37 heavy (non-hydrogen) atoms. The molecule has 1 fully saturated rings. The summed E-state index contributed by atoms with van der Waals surface area (Å²) in [7, 11) is 0. The lowest BCUT2D eigenvalue weighted by molar-refractivity contribution is -0.384. The largest absolute Gasteiger partial charge is 0.326 e. The third-order valence-corrected chi connectivity index (χ3v) is 6.02. The van der Waals surface area contributed by atoms with Crippen molar-refractivity contribution in [2.45, 2.75) is 25.8 Å². The lowest BCUT2D eigenvalue weighted by Crippen LogP contribution is -2.46. The Bertz CT molecular complexity index is 1340. The van der Waals surface area contributed by atoms with Crippen LogP contribution < -0.4 is 10.2 Å². The Morgan fingerprint density at radius 1 is 1.00 bits per heavy atom. The van der Waals surface area contributed by atoms with Crippen molar-refractivity contribution in [2.24, 2.45) is 0 Å². The van der Waals surface area contributed by atoms with E-state index in [-0.39, 0.29) is 30.1 Å². The van der Waals surface area contributed by atoms with Gasteiger partial charge in [-0.05, 0) is 48.4 Å². The Morgan fingerprint density at radius 2 is 1.65 bits per heavy atom. The summed E-state index contributed by atoms with van der Waals surface area (Å²) in [4.78, 5) is 64.0. The first-order valence-electron chi connectivity index (χ1n) is 11.6. The van der Waals surface area contributed by atoms with Gasteiger partial charge < -0.3 is 10.2 Å². The van der Waals surface area contributed by atoms with Crippen LogP contribution in [0.1, 0.15) is 29.3 Å². The lowest BCUT2D eigenvalue weighted by Gasteiger charge is -2.28. The molecule has 4 rings (SSSR count). The van der Waals surface area contributed by atoms with E-state index in [4.69, 9.17) is 0 Å². The van der Waals surface area contributed by atoms with E-state index in [0.717, 1.165) is 10.5 Å². The van der Waals surface area contributed by atoms with Gasteiger partial charge in [0, 0.05) is 36.9 Å². The van der Waals surface area contributed by atoms with Crippen LogP contribution in [-0.2, 0) is 20.8 Å². The molecule has 1 saturated heterocycles. The molecule has 10 nitrogen and oxygen atoms in total. The summed E-state index contributed by atoms with van der Waals surface area (Å²) in [5.74, 6) is -1.75. The van der Waals surface area contributed by atoms with E-state index in [2.05, 4.69) is 5.32 Å². The molecule has 1 atom stereocenters. The van der Waals surface area contributed by atoms with Crippen LogP contribution >= 0.6 is 0 Å². The van der Waals surface area contributed by atoms with E-state index in [1.165, 1.54) is 36.1 Å².